The van der Waals surface area contributed by atoms with Crippen LogP contribution in [0.1, 0.15) is 30.5 Å². The van der Waals surface area contributed by atoms with Gasteiger partial charge in [0.1, 0.15) is 6.61 Å². The van der Waals surface area contributed by atoms with Crippen LogP contribution in [0.5, 0.6) is 0 Å². The Kier molecular flexibility index (Phi) is 6.54. The zero-order valence-corrected chi connectivity index (χ0v) is 19.9. The van der Waals surface area contributed by atoms with E-state index in [9.17, 15) is 18.0 Å². The molecule has 0 spiro atoms. The standard InChI is InChI=1S/C23H21Br2F3O2/c1-13-15(12-30-21(29)20-18(11-19(24)25)22(20,2)3)5-4-6-17(13)14-7-9-16(10-8-14)23(26,27)28/h4-11,18,20H,12H2,1-3H3. The van der Waals surface area contributed by atoms with E-state index in [0.29, 0.717) is 5.56 Å². The summed E-state index contributed by atoms with van der Waals surface area (Å²) in [6.45, 7) is 6.06. The summed E-state index contributed by atoms with van der Waals surface area (Å²) < 4.78 is 44.8. The highest BCUT2D eigenvalue weighted by molar-refractivity contribution is 9.28. The molecular weight excluding hydrogens is 525 g/mol. The number of benzene rings is 2. The molecule has 7 heteroatoms. The second-order valence-corrected chi connectivity index (χ2v) is 10.8. The number of hydrogen-bond donors (Lipinski definition) is 0. The van der Waals surface area contributed by atoms with E-state index >= 15 is 0 Å². The molecule has 2 aromatic rings. The van der Waals surface area contributed by atoms with Gasteiger partial charge in [-0.3, -0.25) is 4.79 Å². The first-order chi connectivity index (χ1) is 13.9. The average molecular weight is 546 g/mol. The van der Waals surface area contributed by atoms with Crippen molar-refractivity contribution in [2.24, 2.45) is 17.3 Å². The molecule has 0 radical (unpaired) electrons. The summed E-state index contributed by atoms with van der Waals surface area (Å²) in [5.41, 5.74) is 2.35. The van der Waals surface area contributed by atoms with Crippen molar-refractivity contribution in [1.82, 2.24) is 0 Å². The van der Waals surface area contributed by atoms with E-state index in [1.54, 1.807) is 0 Å². The van der Waals surface area contributed by atoms with Crippen LogP contribution in [0.4, 0.5) is 13.2 Å². The Morgan fingerprint density at radius 1 is 1.13 bits per heavy atom. The monoisotopic (exact) mass is 544 g/mol. The van der Waals surface area contributed by atoms with Gasteiger partial charge in [-0.1, -0.05) is 50.3 Å². The van der Waals surface area contributed by atoms with Crippen LogP contribution in [0.15, 0.2) is 51.9 Å². The number of ether oxygens (including phenoxy) is 1. The van der Waals surface area contributed by atoms with Gasteiger partial charge in [-0.15, -0.1) is 0 Å². The Hall–Kier alpha value is -1.60. The minimum atomic E-state index is -4.36. The summed E-state index contributed by atoms with van der Waals surface area (Å²) in [5.74, 6) is -0.360. The van der Waals surface area contributed by atoms with Gasteiger partial charge in [0.2, 0.25) is 0 Å². The van der Waals surface area contributed by atoms with E-state index in [4.69, 9.17) is 4.74 Å². The Morgan fingerprint density at radius 3 is 2.33 bits per heavy atom. The molecule has 0 aliphatic heterocycles. The van der Waals surface area contributed by atoms with Crippen molar-refractivity contribution in [3.8, 4) is 11.1 Å². The van der Waals surface area contributed by atoms with Gasteiger partial charge in [0.05, 0.1) is 14.9 Å². The fraction of sp³-hybridized carbons (Fsp3) is 0.348. The molecule has 1 aliphatic rings. The minimum absolute atomic E-state index is 0.0957. The van der Waals surface area contributed by atoms with Crippen LogP contribution in [-0.2, 0) is 22.3 Å². The third kappa shape index (κ3) is 4.83. The maximum absolute atomic E-state index is 12.8. The Morgan fingerprint density at radius 2 is 1.77 bits per heavy atom. The second kappa shape index (κ2) is 8.50. The summed E-state index contributed by atoms with van der Waals surface area (Å²) in [7, 11) is 0. The lowest BCUT2D eigenvalue weighted by Crippen LogP contribution is -2.11. The molecule has 0 saturated heterocycles. The minimum Gasteiger partial charge on any atom is -0.461 e. The van der Waals surface area contributed by atoms with Crippen molar-refractivity contribution in [3.63, 3.8) is 0 Å². The number of halogens is 5. The molecule has 3 rings (SSSR count). The first-order valence-corrected chi connectivity index (χ1v) is 11.0. The lowest BCUT2D eigenvalue weighted by molar-refractivity contribution is -0.147. The van der Waals surface area contributed by atoms with E-state index in [0.717, 1.165) is 32.2 Å². The zero-order valence-electron chi connectivity index (χ0n) is 16.7. The van der Waals surface area contributed by atoms with Gasteiger partial charge in [0.25, 0.3) is 0 Å². The van der Waals surface area contributed by atoms with Gasteiger partial charge < -0.3 is 4.74 Å². The maximum atomic E-state index is 12.8. The van der Waals surface area contributed by atoms with Crippen LogP contribution < -0.4 is 0 Å². The summed E-state index contributed by atoms with van der Waals surface area (Å²) in [6, 6.07) is 10.6. The molecule has 0 bridgehead atoms. The number of rotatable bonds is 5. The second-order valence-electron chi connectivity index (χ2n) is 8.05. The third-order valence-electron chi connectivity index (χ3n) is 5.81. The summed E-state index contributed by atoms with van der Waals surface area (Å²) in [6.07, 6.45) is -2.40. The van der Waals surface area contributed by atoms with Crippen molar-refractivity contribution in [3.05, 3.63) is 68.6 Å². The van der Waals surface area contributed by atoms with Crippen LogP contribution in [-0.4, -0.2) is 5.97 Å². The molecule has 0 amide bonds. The van der Waals surface area contributed by atoms with Crippen LogP contribution in [0.2, 0.25) is 0 Å². The zero-order chi connectivity index (χ0) is 22.3. The van der Waals surface area contributed by atoms with Crippen LogP contribution in [0.3, 0.4) is 0 Å². The van der Waals surface area contributed by atoms with E-state index in [-0.39, 0.29) is 29.8 Å². The molecule has 0 heterocycles. The number of alkyl halides is 3. The van der Waals surface area contributed by atoms with Crippen LogP contribution in [0, 0.1) is 24.2 Å². The molecule has 1 aliphatic carbocycles. The van der Waals surface area contributed by atoms with Gasteiger partial charge >= 0.3 is 12.1 Å². The number of allylic oxidation sites excluding steroid dienone is 1. The smallest absolute Gasteiger partial charge is 0.416 e. The highest BCUT2D eigenvalue weighted by Gasteiger charge is 2.61. The Labute approximate surface area is 190 Å². The van der Waals surface area contributed by atoms with Crippen molar-refractivity contribution in [2.45, 2.75) is 33.6 Å². The lowest BCUT2D eigenvalue weighted by atomic mass is 9.96. The lowest BCUT2D eigenvalue weighted by Gasteiger charge is -2.13. The molecule has 0 aromatic heterocycles. The molecule has 2 nitrogen and oxygen atoms in total. The quantitative estimate of drug-likeness (QED) is 0.361. The molecule has 1 fully saturated rings. The predicted molar refractivity (Wildman–Crippen MR) is 118 cm³/mol. The summed E-state index contributed by atoms with van der Waals surface area (Å²) in [5, 5.41) is 0. The molecule has 0 N–H and O–H groups in total. The van der Waals surface area contributed by atoms with Gasteiger partial charge in [-0.05, 0) is 84.5 Å². The predicted octanol–water partition coefficient (Wildman–Crippen LogP) is 7.63. The molecule has 160 valence electrons. The number of carbonyl (C=O) groups excluding carboxylic acids is 1. The Bertz CT molecular complexity index is 975. The highest BCUT2D eigenvalue weighted by atomic mass is 79.9. The number of carbonyl (C=O) groups is 1. The van der Waals surface area contributed by atoms with Crippen LogP contribution in [0.25, 0.3) is 11.1 Å². The fourth-order valence-corrected chi connectivity index (χ4v) is 4.37. The van der Waals surface area contributed by atoms with Crippen molar-refractivity contribution in [2.75, 3.05) is 0 Å². The normalized spacial score (nSPS) is 19.9. The maximum Gasteiger partial charge on any atom is 0.416 e. The van der Waals surface area contributed by atoms with E-state index in [2.05, 4.69) is 31.9 Å². The largest absolute Gasteiger partial charge is 0.461 e. The van der Waals surface area contributed by atoms with Gasteiger partial charge in [-0.25, -0.2) is 0 Å². The van der Waals surface area contributed by atoms with Crippen molar-refractivity contribution < 1.29 is 22.7 Å². The summed E-state index contributed by atoms with van der Waals surface area (Å²) >= 11 is 6.67. The average Bonchev–Trinajstić information content (AvgIpc) is 3.19. The van der Waals surface area contributed by atoms with E-state index in [1.807, 2.05) is 45.0 Å². The van der Waals surface area contributed by atoms with E-state index < -0.39 is 11.7 Å². The molecule has 2 atom stereocenters. The van der Waals surface area contributed by atoms with Crippen molar-refractivity contribution in [1.29, 1.82) is 0 Å². The van der Waals surface area contributed by atoms with E-state index in [1.165, 1.54) is 12.1 Å². The van der Waals surface area contributed by atoms with Crippen LogP contribution >= 0.6 is 31.9 Å². The molecule has 30 heavy (non-hydrogen) atoms. The molecular formula is C23H21Br2F3O2. The topological polar surface area (TPSA) is 26.3 Å². The Balaban J connectivity index is 1.73. The van der Waals surface area contributed by atoms with Gasteiger partial charge in [0.15, 0.2) is 0 Å². The summed E-state index contributed by atoms with van der Waals surface area (Å²) in [4.78, 5) is 12.6. The first kappa shape index (κ1) is 23.1. The first-order valence-electron chi connectivity index (χ1n) is 9.38. The van der Waals surface area contributed by atoms with Crippen molar-refractivity contribution >= 4 is 37.8 Å². The third-order valence-corrected chi connectivity index (χ3v) is 6.34. The van der Waals surface area contributed by atoms with Gasteiger partial charge in [-0.2, -0.15) is 13.2 Å². The fourth-order valence-electron chi connectivity index (χ4n) is 3.80. The molecule has 2 aromatic carbocycles. The molecule has 1 saturated carbocycles. The highest BCUT2D eigenvalue weighted by Crippen LogP contribution is 2.60. The SMILES string of the molecule is Cc1c(COC(=O)C2C(C=C(Br)Br)C2(C)C)cccc1-c1ccc(C(F)(F)F)cc1. The number of esters is 1. The van der Waals surface area contributed by atoms with Gasteiger partial charge in [0, 0.05) is 0 Å². The molecule has 2 unspecified atom stereocenters. The number of hydrogen-bond acceptors (Lipinski definition) is 2.